The number of aromatic nitrogens is 2. The molecule has 0 saturated carbocycles. The molecule has 0 aliphatic rings. The van der Waals surface area contributed by atoms with Crippen LogP contribution in [-0.2, 0) is 9.16 Å². The molecule has 0 radical (unpaired) electrons. The van der Waals surface area contributed by atoms with Crippen molar-refractivity contribution in [2.75, 3.05) is 33.7 Å². The van der Waals surface area contributed by atoms with E-state index in [4.69, 9.17) is 28.2 Å². The van der Waals surface area contributed by atoms with E-state index >= 15 is 4.39 Å². The number of aryl methyl sites for hydroxylation is 1. The first-order chi connectivity index (χ1) is 20.3. The van der Waals surface area contributed by atoms with Gasteiger partial charge >= 0.3 is 248 Å². The summed E-state index contributed by atoms with van der Waals surface area (Å²) in [7, 11) is 0.796. The number of carbonyl (C=O) groups is 1. The van der Waals surface area contributed by atoms with Crippen molar-refractivity contribution in [1.29, 1.82) is 0 Å². The van der Waals surface area contributed by atoms with Crippen LogP contribution in [0.2, 0.25) is 18.1 Å². The van der Waals surface area contributed by atoms with Gasteiger partial charge in [0.2, 0.25) is 0 Å². The predicted octanol–water partition coefficient (Wildman–Crippen LogP) is 4.25. The summed E-state index contributed by atoms with van der Waals surface area (Å²) in [5.41, 5.74) is 1.58. The van der Waals surface area contributed by atoms with E-state index in [1.165, 1.54) is 38.1 Å². The fraction of sp³-hybridized carbons (Fsp3) is 0.414. The number of rotatable bonds is 12. The molecule has 0 fully saturated rings. The molecule has 0 unspecified atom stereocenters. The molecule has 3 rings (SSSR count). The maximum atomic E-state index is 16.2. The molecule has 43 heavy (non-hydrogen) atoms. The minimum absolute atomic E-state index is 0.00757. The third-order valence-electron chi connectivity index (χ3n) is 6.75. The van der Waals surface area contributed by atoms with Crippen LogP contribution in [0.5, 0.6) is 11.5 Å². The third-order valence-corrected chi connectivity index (χ3v) is 13.8. The molecule has 0 saturated heterocycles. The third kappa shape index (κ3) is 9.33. The number of hydrogen-bond acceptors (Lipinski definition) is 11. The number of benzene rings is 2. The van der Waals surface area contributed by atoms with Gasteiger partial charge in [0.1, 0.15) is 0 Å². The van der Waals surface area contributed by atoms with Crippen molar-refractivity contribution in [3.05, 3.63) is 53.7 Å². The first-order valence-electron chi connectivity index (χ1n) is 13.3. The average Bonchev–Trinajstić information content (AvgIpc) is 3.41. The summed E-state index contributed by atoms with van der Waals surface area (Å²) in [6.07, 6.45) is 1.78. The first-order valence-corrected chi connectivity index (χ1v) is 19.5. The Morgan fingerprint density at radius 1 is 1.14 bits per heavy atom. The Bertz CT molecular complexity index is 1470. The van der Waals surface area contributed by atoms with E-state index in [0.29, 0.717) is 34.8 Å². The molecular formula is C29H37FIN4O6SSi-. The van der Waals surface area contributed by atoms with Gasteiger partial charge < -0.3 is 0 Å². The molecule has 1 aromatic heterocycles. The molecule has 1 heterocycles. The van der Waals surface area contributed by atoms with E-state index in [1.807, 2.05) is 0 Å². The number of aliphatic imine (C=N–C) groups is 1. The molecule has 0 bridgehead atoms. The SMILES string of the molecule is COC(=O)[I-]N=C(SC)C(=Nc1ccc(-c2noc(C)n2)cc1)c1cc(OC)cc(OCCO[Si](C)(C)C(C)(C)C)c1F. The Morgan fingerprint density at radius 3 is 2.40 bits per heavy atom. The van der Waals surface area contributed by atoms with Gasteiger partial charge in [-0.3, -0.25) is 0 Å². The van der Waals surface area contributed by atoms with Crippen molar-refractivity contribution in [2.24, 2.45) is 8.20 Å². The summed E-state index contributed by atoms with van der Waals surface area (Å²) in [6.45, 7) is 12.9. The summed E-state index contributed by atoms with van der Waals surface area (Å²) >= 11 is -0.138. The summed E-state index contributed by atoms with van der Waals surface area (Å²) in [5, 5.41) is 4.35. The molecule has 0 spiro atoms. The van der Waals surface area contributed by atoms with Crippen molar-refractivity contribution in [1.82, 2.24) is 10.1 Å². The fourth-order valence-corrected chi connectivity index (χ4v) is 6.47. The Hall–Kier alpha value is -2.82. The second-order valence-electron chi connectivity index (χ2n) is 10.7. The first kappa shape index (κ1) is 34.7. The van der Waals surface area contributed by atoms with Crippen LogP contribution in [0.4, 0.5) is 14.9 Å². The molecule has 14 heteroatoms. The van der Waals surface area contributed by atoms with E-state index < -0.39 is 39.6 Å². The van der Waals surface area contributed by atoms with Gasteiger partial charge in [0, 0.05) is 0 Å². The number of halogens is 2. The van der Waals surface area contributed by atoms with E-state index in [0.717, 1.165) is 5.56 Å². The van der Waals surface area contributed by atoms with Crippen LogP contribution in [0, 0.1) is 12.7 Å². The van der Waals surface area contributed by atoms with Crippen molar-refractivity contribution < 1.29 is 53.8 Å². The van der Waals surface area contributed by atoms with Crippen molar-refractivity contribution in [3.63, 3.8) is 0 Å². The van der Waals surface area contributed by atoms with Crippen molar-refractivity contribution in [2.45, 2.75) is 45.8 Å². The standard InChI is InChI=1S/C29H37FIN4O6SSi/c1-18-32-26(35-41-18)19-10-12-20(13-11-19)33-25(27(42-7)34-31-28(36)38-6)22-16-21(37-5)17-23(24(22)30)39-14-15-40-43(8,9)29(2,3)4/h10-13,16-17H,14-15H2,1-9H3/q-1. The number of nitrogens with zero attached hydrogens (tertiary/aromatic N) is 4. The Morgan fingerprint density at radius 2 is 1.84 bits per heavy atom. The molecule has 0 atom stereocenters. The number of ether oxygens (including phenoxy) is 3. The zero-order valence-corrected chi connectivity index (χ0v) is 29.8. The average molecular weight is 744 g/mol. The quantitative estimate of drug-likeness (QED) is 0.0671. The van der Waals surface area contributed by atoms with Crippen LogP contribution < -0.4 is 31.0 Å². The topological polar surface area (TPSA) is 118 Å². The van der Waals surface area contributed by atoms with Crippen LogP contribution >= 0.6 is 11.8 Å². The summed E-state index contributed by atoms with van der Waals surface area (Å²) < 4.78 is 47.7. The van der Waals surface area contributed by atoms with Gasteiger partial charge in [-0.2, -0.15) is 0 Å². The molecule has 3 aromatic rings. The normalized spacial score (nSPS) is 12.9. The van der Waals surface area contributed by atoms with Gasteiger partial charge in [-0.05, 0) is 0 Å². The van der Waals surface area contributed by atoms with Gasteiger partial charge in [0.05, 0.1) is 0 Å². The van der Waals surface area contributed by atoms with Gasteiger partial charge in [-0.15, -0.1) is 0 Å². The van der Waals surface area contributed by atoms with E-state index in [9.17, 15) is 4.79 Å². The second-order valence-corrected chi connectivity index (χ2v) is 18.2. The van der Waals surface area contributed by atoms with Crippen LogP contribution in [0.15, 0.2) is 49.1 Å². The molecule has 0 aliphatic heterocycles. The fourth-order valence-electron chi connectivity index (χ4n) is 3.37. The van der Waals surface area contributed by atoms with Crippen LogP contribution in [0.3, 0.4) is 0 Å². The Balaban J connectivity index is 2.03. The van der Waals surface area contributed by atoms with E-state index in [-0.39, 0.29) is 28.7 Å². The van der Waals surface area contributed by atoms with Crippen LogP contribution in [0.1, 0.15) is 32.2 Å². The molecule has 0 amide bonds. The molecule has 0 N–H and O–H groups in total. The van der Waals surface area contributed by atoms with Gasteiger partial charge in [0.15, 0.2) is 0 Å². The molecule has 234 valence electrons. The molecule has 10 nitrogen and oxygen atoms in total. The summed E-state index contributed by atoms with van der Waals surface area (Å²) in [5.74, 6) is 0.624. The summed E-state index contributed by atoms with van der Waals surface area (Å²) in [6, 6.07) is 10.1. The number of hydrogen-bond donors (Lipinski definition) is 0. The Kier molecular flexibility index (Phi) is 12.3. The van der Waals surface area contributed by atoms with Crippen molar-refractivity contribution in [3.8, 4) is 22.9 Å². The Labute approximate surface area is 267 Å². The number of methoxy groups -OCH3 is 2. The predicted molar refractivity (Wildman–Crippen MR) is 166 cm³/mol. The number of carbonyl (C=O) groups excluding carboxylic acids is 1. The van der Waals surface area contributed by atoms with Crippen LogP contribution in [0.25, 0.3) is 11.4 Å². The van der Waals surface area contributed by atoms with Crippen molar-refractivity contribution >= 4 is 40.5 Å². The van der Waals surface area contributed by atoms with Gasteiger partial charge in [-0.25, -0.2) is 0 Å². The molecule has 2 aromatic carbocycles. The van der Waals surface area contributed by atoms with E-state index in [1.54, 1.807) is 37.4 Å². The molecule has 0 aliphatic carbocycles. The second kappa shape index (κ2) is 15.3. The van der Waals surface area contributed by atoms with E-state index in [2.05, 4.69) is 47.2 Å². The minimum atomic E-state index is -2.00. The van der Waals surface area contributed by atoms with Gasteiger partial charge in [0.25, 0.3) is 0 Å². The molecular weight excluding hydrogens is 706 g/mol. The monoisotopic (exact) mass is 743 g/mol. The zero-order valence-electron chi connectivity index (χ0n) is 25.8. The van der Waals surface area contributed by atoms with Crippen LogP contribution in [-0.4, -0.2) is 66.9 Å². The van der Waals surface area contributed by atoms with Gasteiger partial charge in [-0.1, -0.05) is 20.8 Å². The maximum absolute atomic E-state index is 16.2. The number of thioether (sulfide) groups is 1. The zero-order chi connectivity index (χ0) is 31.8. The summed E-state index contributed by atoms with van der Waals surface area (Å²) in [4.78, 5) is 21.0.